The van der Waals surface area contributed by atoms with Gasteiger partial charge in [-0.3, -0.25) is 14.2 Å². The number of carbonyl (C=O) groups excluding carboxylic acids is 1. The highest BCUT2D eigenvalue weighted by Crippen LogP contribution is 2.47. The van der Waals surface area contributed by atoms with E-state index in [-0.39, 0.29) is 18.4 Å². The maximum Gasteiger partial charge on any atom is 0.398 e. The SMILES string of the molecule is COc1ccc(C(=O)N2CCC(Cn3cc(Cn4nc(C)c(C)c4C)nn3)(C(F)(F)F)C2)cc1-c1ccc(C(C)(C)C)cc1. The van der Waals surface area contributed by atoms with Crippen LogP contribution in [0.3, 0.4) is 0 Å². The van der Waals surface area contributed by atoms with Gasteiger partial charge in [0, 0.05) is 29.9 Å². The number of halogens is 3. The minimum absolute atomic E-state index is 0.0213. The first kappa shape index (κ1) is 31.3. The quantitative estimate of drug-likeness (QED) is 0.239. The fraction of sp³-hybridized carbons (Fsp3) is 0.455. The lowest BCUT2D eigenvalue weighted by Gasteiger charge is -2.31. The summed E-state index contributed by atoms with van der Waals surface area (Å²) in [7, 11) is 1.55. The number of amides is 1. The number of ether oxygens (including phenoxy) is 1. The van der Waals surface area contributed by atoms with E-state index in [0.29, 0.717) is 29.1 Å². The third-order valence-corrected chi connectivity index (χ3v) is 8.86. The molecule has 11 heteroatoms. The molecule has 1 fully saturated rings. The first-order valence-electron chi connectivity index (χ1n) is 14.7. The van der Waals surface area contributed by atoms with E-state index in [1.165, 1.54) is 15.8 Å². The Bertz CT molecular complexity index is 1670. The molecule has 2 aromatic carbocycles. The third-order valence-electron chi connectivity index (χ3n) is 8.86. The summed E-state index contributed by atoms with van der Waals surface area (Å²) in [6.45, 7) is 11.6. The van der Waals surface area contributed by atoms with Gasteiger partial charge in [-0.2, -0.15) is 18.3 Å². The number of carbonyl (C=O) groups is 1. The van der Waals surface area contributed by atoms with E-state index in [2.05, 4.69) is 36.2 Å². The van der Waals surface area contributed by atoms with Crippen molar-refractivity contribution in [3.05, 3.63) is 82.4 Å². The number of likely N-dealkylation sites (tertiary alicyclic amines) is 1. The van der Waals surface area contributed by atoms with Crippen LogP contribution in [0, 0.1) is 26.2 Å². The van der Waals surface area contributed by atoms with Crippen LogP contribution in [0.25, 0.3) is 11.1 Å². The predicted octanol–water partition coefficient (Wildman–Crippen LogP) is 6.52. The van der Waals surface area contributed by atoms with Gasteiger partial charge in [-0.15, -0.1) is 5.10 Å². The first-order chi connectivity index (χ1) is 20.6. The highest BCUT2D eigenvalue weighted by molar-refractivity contribution is 5.96. The van der Waals surface area contributed by atoms with E-state index in [9.17, 15) is 18.0 Å². The minimum Gasteiger partial charge on any atom is -0.496 e. The lowest BCUT2D eigenvalue weighted by atomic mass is 9.86. The molecular weight excluding hydrogens is 569 g/mol. The summed E-state index contributed by atoms with van der Waals surface area (Å²) in [6, 6.07) is 13.0. The lowest BCUT2D eigenvalue weighted by Crippen LogP contribution is -2.45. The highest BCUT2D eigenvalue weighted by Gasteiger charge is 2.59. The molecule has 0 N–H and O–H groups in total. The smallest absolute Gasteiger partial charge is 0.398 e. The number of hydrogen-bond donors (Lipinski definition) is 0. The number of alkyl halides is 3. The summed E-state index contributed by atoms with van der Waals surface area (Å²) in [5.74, 6) is 0.124. The molecule has 44 heavy (non-hydrogen) atoms. The van der Waals surface area contributed by atoms with Crippen molar-refractivity contribution in [3.63, 3.8) is 0 Å². The zero-order valence-electron chi connectivity index (χ0n) is 26.3. The number of nitrogens with zero attached hydrogens (tertiary/aromatic N) is 6. The van der Waals surface area contributed by atoms with E-state index in [1.54, 1.807) is 30.0 Å². The Balaban J connectivity index is 1.36. The molecule has 3 heterocycles. The molecular formula is C33H39F3N6O2. The maximum absolute atomic E-state index is 14.7. The van der Waals surface area contributed by atoms with Crippen LogP contribution in [0.4, 0.5) is 13.2 Å². The van der Waals surface area contributed by atoms with Crippen molar-refractivity contribution >= 4 is 5.91 Å². The van der Waals surface area contributed by atoms with E-state index >= 15 is 0 Å². The van der Waals surface area contributed by atoms with E-state index in [0.717, 1.165) is 28.1 Å². The van der Waals surface area contributed by atoms with Crippen molar-refractivity contribution in [2.45, 2.75) is 72.6 Å². The average Bonchev–Trinajstić information content (AvgIpc) is 3.67. The molecule has 1 unspecified atom stereocenters. The number of benzene rings is 2. The van der Waals surface area contributed by atoms with Crippen LogP contribution in [0.5, 0.6) is 5.75 Å². The van der Waals surface area contributed by atoms with Crippen molar-refractivity contribution < 1.29 is 22.7 Å². The van der Waals surface area contributed by atoms with Gasteiger partial charge in [0.15, 0.2) is 0 Å². The predicted molar refractivity (Wildman–Crippen MR) is 162 cm³/mol. The number of rotatable bonds is 7. The van der Waals surface area contributed by atoms with Crippen molar-refractivity contribution in [3.8, 4) is 16.9 Å². The molecule has 234 valence electrons. The van der Waals surface area contributed by atoms with Crippen molar-refractivity contribution in [2.75, 3.05) is 20.2 Å². The highest BCUT2D eigenvalue weighted by atomic mass is 19.4. The van der Waals surface area contributed by atoms with Crippen molar-refractivity contribution in [1.82, 2.24) is 29.7 Å². The van der Waals surface area contributed by atoms with Gasteiger partial charge in [0.1, 0.15) is 16.9 Å². The fourth-order valence-electron chi connectivity index (χ4n) is 5.79. The Labute approximate surface area is 255 Å². The van der Waals surface area contributed by atoms with Gasteiger partial charge in [0.25, 0.3) is 5.91 Å². The Morgan fingerprint density at radius 1 is 1.05 bits per heavy atom. The second-order valence-electron chi connectivity index (χ2n) is 12.9. The molecule has 1 atom stereocenters. The summed E-state index contributed by atoms with van der Waals surface area (Å²) in [6.07, 6.45) is -3.25. The summed E-state index contributed by atoms with van der Waals surface area (Å²) >= 11 is 0. The standard InChI is InChI=1S/C33H39F3N6O2/c1-21-22(2)38-42(23(21)3)18-27-17-41(39-37-27)20-32(33(34,35)36)14-15-40(19-32)30(43)25-10-13-29(44-7)28(16-25)24-8-11-26(12-9-24)31(4,5)6/h8-13,16-17H,14-15,18-20H2,1-7H3. The molecule has 5 rings (SSSR count). The van der Waals surface area contributed by atoms with Crippen LogP contribution in [0.15, 0.2) is 48.7 Å². The largest absolute Gasteiger partial charge is 0.496 e. The second kappa shape index (κ2) is 11.4. The van der Waals surface area contributed by atoms with Gasteiger partial charge in [-0.05, 0) is 67.5 Å². The van der Waals surface area contributed by atoms with Gasteiger partial charge in [-0.1, -0.05) is 50.3 Å². The summed E-state index contributed by atoms with van der Waals surface area (Å²) in [5.41, 5.74) is 4.29. The molecule has 1 aliphatic rings. The molecule has 0 spiro atoms. The zero-order chi connectivity index (χ0) is 32.0. The van der Waals surface area contributed by atoms with E-state index in [1.807, 2.05) is 45.0 Å². The van der Waals surface area contributed by atoms with Crippen LogP contribution >= 0.6 is 0 Å². The van der Waals surface area contributed by atoms with Crippen LogP contribution in [0.2, 0.25) is 0 Å². The van der Waals surface area contributed by atoms with Crippen LogP contribution in [-0.2, 0) is 18.5 Å². The van der Waals surface area contributed by atoms with Gasteiger partial charge in [-0.25, -0.2) is 0 Å². The van der Waals surface area contributed by atoms with Crippen LogP contribution in [-0.4, -0.2) is 62.0 Å². The van der Waals surface area contributed by atoms with Gasteiger partial charge in [0.2, 0.25) is 0 Å². The topological polar surface area (TPSA) is 78.1 Å². The Morgan fingerprint density at radius 2 is 1.75 bits per heavy atom. The van der Waals surface area contributed by atoms with Crippen LogP contribution < -0.4 is 4.74 Å². The maximum atomic E-state index is 14.7. The molecule has 0 bridgehead atoms. The van der Waals surface area contributed by atoms with Crippen LogP contribution in [0.1, 0.15) is 65.8 Å². The third kappa shape index (κ3) is 5.96. The zero-order valence-corrected chi connectivity index (χ0v) is 26.3. The molecule has 2 aromatic heterocycles. The minimum atomic E-state index is -4.55. The number of methoxy groups -OCH3 is 1. The van der Waals surface area contributed by atoms with Gasteiger partial charge < -0.3 is 9.64 Å². The Hall–Kier alpha value is -4.15. The summed E-state index contributed by atoms with van der Waals surface area (Å²) in [4.78, 5) is 14.9. The molecule has 8 nitrogen and oxygen atoms in total. The molecule has 1 amide bonds. The monoisotopic (exact) mass is 608 g/mol. The second-order valence-corrected chi connectivity index (χ2v) is 12.9. The first-order valence-corrected chi connectivity index (χ1v) is 14.7. The number of aryl methyl sites for hydroxylation is 1. The Morgan fingerprint density at radius 3 is 2.34 bits per heavy atom. The lowest BCUT2D eigenvalue weighted by molar-refractivity contribution is -0.224. The normalized spacial score (nSPS) is 17.4. The van der Waals surface area contributed by atoms with Gasteiger partial charge in [0.05, 0.1) is 32.1 Å². The Kier molecular flexibility index (Phi) is 8.11. The number of aromatic nitrogens is 5. The van der Waals surface area contributed by atoms with Gasteiger partial charge >= 0.3 is 6.18 Å². The fourth-order valence-corrected chi connectivity index (χ4v) is 5.79. The van der Waals surface area contributed by atoms with Crippen molar-refractivity contribution in [1.29, 1.82) is 0 Å². The van der Waals surface area contributed by atoms with E-state index in [4.69, 9.17) is 4.74 Å². The molecule has 0 saturated carbocycles. The molecule has 0 aliphatic carbocycles. The molecule has 1 aliphatic heterocycles. The summed E-state index contributed by atoms with van der Waals surface area (Å²) < 4.78 is 52.6. The van der Waals surface area contributed by atoms with Crippen molar-refractivity contribution in [2.24, 2.45) is 5.41 Å². The number of hydrogen-bond acceptors (Lipinski definition) is 5. The average molecular weight is 609 g/mol. The molecule has 0 radical (unpaired) electrons. The molecule has 4 aromatic rings. The summed E-state index contributed by atoms with van der Waals surface area (Å²) in [5, 5.41) is 12.6. The molecule has 1 saturated heterocycles. The van der Waals surface area contributed by atoms with E-state index < -0.39 is 30.6 Å².